The van der Waals surface area contributed by atoms with Crippen LogP contribution in [0.4, 0.5) is 5.82 Å². The lowest BCUT2D eigenvalue weighted by molar-refractivity contribution is 0.0695. The Hall–Kier alpha value is -3.15. The molecule has 0 fully saturated rings. The van der Waals surface area contributed by atoms with Crippen molar-refractivity contribution in [1.82, 2.24) is 9.97 Å². The summed E-state index contributed by atoms with van der Waals surface area (Å²) >= 11 is 0. The summed E-state index contributed by atoms with van der Waals surface area (Å²) in [6.45, 7) is 0. The zero-order valence-corrected chi connectivity index (χ0v) is 12.7. The van der Waals surface area contributed by atoms with Crippen LogP contribution in [0.25, 0.3) is 11.0 Å². The first-order valence-electron chi connectivity index (χ1n) is 7.71. The number of anilines is 1. The van der Waals surface area contributed by atoms with Gasteiger partial charge in [-0.3, -0.25) is 4.79 Å². The molecule has 2 aromatic heterocycles. The molecular weight excluding hydrogens is 306 g/mol. The van der Waals surface area contributed by atoms with Gasteiger partial charge in [0.05, 0.1) is 5.52 Å². The minimum atomic E-state index is -1.26. The summed E-state index contributed by atoms with van der Waals surface area (Å²) in [5.41, 5.74) is 2.42. The fourth-order valence-corrected chi connectivity index (χ4v) is 3.20. The molecule has 0 radical (unpaired) electrons. The average Bonchev–Trinajstić information content (AvgIpc) is 2.97. The highest BCUT2D eigenvalue weighted by Crippen LogP contribution is 2.24. The standard InChI is InChI=1S/C18H15N3O3/c22-17-13(18(23)24)9-19-14-5-6-15(21-16(14)17)20-12-7-10-3-1-2-4-11(10)8-12/h1-6,9,12H,7-8H2,(H,19,22)(H,20,21)(H,23,24). The van der Waals surface area contributed by atoms with Gasteiger partial charge in [0.15, 0.2) is 0 Å². The van der Waals surface area contributed by atoms with Crippen LogP contribution in [0.1, 0.15) is 21.5 Å². The van der Waals surface area contributed by atoms with Crippen molar-refractivity contribution in [2.24, 2.45) is 0 Å². The van der Waals surface area contributed by atoms with Crippen LogP contribution < -0.4 is 10.7 Å². The second-order valence-electron chi connectivity index (χ2n) is 5.95. The average molecular weight is 321 g/mol. The number of aromatic nitrogens is 2. The number of carbonyl (C=O) groups is 1. The normalized spacial score (nSPS) is 13.8. The summed E-state index contributed by atoms with van der Waals surface area (Å²) in [6.07, 6.45) is 3.01. The monoisotopic (exact) mass is 321 g/mol. The van der Waals surface area contributed by atoms with Gasteiger partial charge in [-0.1, -0.05) is 24.3 Å². The first-order chi connectivity index (χ1) is 11.6. The van der Waals surface area contributed by atoms with E-state index in [9.17, 15) is 9.59 Å². The van der Waals surface area contributed by atoms with Crippen LogP contribution in [-0.2, 0) is 12.8 Å². The topological polar surface area (TPSA) is 95.1 Å². The molecule has 0 amide bonds. The van der Waals surface area contributed by atoms with Crippen molar-refractivity contribution >= 4 is 22.8 Å². The largest absolute Gasteiger partial charge is 0.477 e. The minimum Gasteiger partial charge on any atom is -0.477 e. The van der Waals surface area contributed by atoms with Gasteiger partial charge in [0.25, 0.3) is 0 Å². The summed E-state index contributed by atoms with van der Waals surface area (Å²) < 4.78 is 0. The summed E-state index contributed by atoms with van der Waals surface area (Å²) in [4.78, 5) is 30.5. The number of nitrogens with zero attached hydrogens (tertiary/aromatic N) is 1. The highest BCUT2D eigenvalue weighted by Gasteiger charge is 2.21. The third-order valence-corrected chi connectivity index (χ3v) is 4.36. The molecule has 120 valence electrons. The molecule has 1 aliphatic rings. The lowest BCUT2D eigenvalue weighted by atomic mass is 10.1. The van der Waals surface area contributed by atoms with Crippen LogP contribution in [0.2, 0.25) is 0 Å². The highest BCUT2D eigenvalue weighted by molar-refractivity contribution is 5.91. The summed E-state index contributed by atoms with van der Waals surface area (Å²) in [5, 5.41) is 12.4. The zero-order valence-electron chi connectivity index (χ0n) is 12.7. The molecule has 0 atom stereocenters. The van der Waals surface area contributed by atoms with Crippen LogP contribution in [0, 0.1) is 0 Å². The van der Waals surface area contributed by atoms with E-state index in [-0.39, 0.29) is 17.1 Å². The number of hydrogen-bond donors (Lipinski definition) is 3. The van der Waals surface area contributed by atoms with Crippen LogP contribution in [0.5, 0.6) is 0 Å². The van der Waals surface area contributed by atoms with E-state index in [1.165, 1.54) is 17.3 Å². The molecule has 0 unspecified atom stereocenters. The molecule has 1 aromatic carbocycles. The van der Waals surface area contributed by atoms with E-state index >= 15 is 0 Å². The highest BCUT2D eigenvalue weighted by atomic mass is 16.4. The van der Waals surface area contributed by atoms with Gasteiger partial charge in [-0.15, -0.1) is 0 Å². The van der Waals surface area contributed by atoms with Crippen LogP contribution in [0.15, 0.2) is 47.4 Å². The molecule has 6 nitrogen and oxygen atoms in total. The first kappa shape index (κ1) is 14.4. The van der Waals surface area contributed by atoms with Gasteiger partial charge in [-0.05, 0) is 36.1 Å². The lowest BCUT2D eigenvalue weighted by Crippen LogP contribution is -2.21. The molecule has 0 saturated heterocycles. The smallest absolute Gasteiger partial charge is 0.341 e. The number of pyridine rings is 2. The number of benzene rings is 1. The molecule has 0 bridgehead atoms. The van der Waals surface area contributed by atoms with E-state index in [2.05, 4.69) is 27.4 Å². The predicted molar refractivity (Wildman–Crippen MR) is 90.6 cm³/mol. The maximum Gasteiger partial charge on any atom is 0.341 e. The van der Waals surface area contributed by atoms with Crippen molar-refractivity contribution in [3.63, 3.8) is 0 Å². The van der Waals surface area contributed by atoms with Gasteiger partial charge >= 0.3 is 5.97 Å². The van der Waals surface area contributed by atoms with Crippen LogP contribution in [-0.4, -0.2) is 27.1 Å². The quantitative estimate of drug-likeness (QED) is 0.687. The Balaban J connectivity index is 1.65. The van der Waals surface area contributed by atoms with E-state index in [4.69, 9.17) is 5.11 Å². The van der Waals surface area contributed by atoms with Gasteiger partial charge in [0, 0.05) is 12.2 Å². The molecule has 2 heterocycles. The number of aromatic amines is 1. The number of H-pyrrole nitrogens is 1. The Morgan fingerprint density at radius 2 is 1.88 bits per heavy atom. The number of carboxylic acids is 1. The van der Waals surface area contributed by atoms with E-state index in [1.54, 1.807) is 12.1 Å². The Morgan fingerprint density at radius 3 is 2.54 bits per heavy atom. The van der Waals surface area contributed by atoms with Crippen LogP contribution in [0.3, 0.4) is 0 Å². The van der Waals surface area contributed by atoms with Gasteiger partial charge in [0.1, 0.15) is 16.9 Å². The third-order valence-electron chi connectivity index (χ3n) is 4.36. The Morgan fingerprint density at radius 1 is 1.17 bits per heavy atom. The van der Waals surface area contributed by atoms with Gasteiger partial charge in [-0.25, -0.2) is 9.78 Å². The molecule has 4 rings (SSSR count). The summed E-state index contributed by atoms with van der Waals surface area (Å²) in [6, 6.07) is 12.0. The maximum absolute atomic E-state index is 12.2. The van der Waals surface area contributed by atoms with E-state index < -0.39 is 11.4 Å². The summed E-state index contributed by atoms with van der Waals surface area (Å²) in [5.74, 6) is -0.683. The molecule has 0 saturated carbocycles. The van der Waals surface area contributed by atoms with E-state index in [0.717, 1.165) is 12.8 Å². The number of nitrogens with one attached hydrogen (secondary N) is 2. The fourth-order valence-electron chi connectivity index (χ4n) is 3.20. The Kier molecular flexibility index (Phi) is 3.30. The molecule has 1 aliphatic carbocycles. The van der Waals surface area contributed by atoms with E-state index in [0.29, 0.717) is 11.3 Å². The second-order valence-corrected chi connectivity index (χ2v) is 5.95. The predicted octanol–water partition coefficient (Wildman–Crippen LogP) is 2.20. The van der Waals surface area contributed by atoms with Gasteiger partial charge < -0.3 is 15.4 Å². The van der Waals surface area contributed by atoms with Crippen molar-refractivity contribution < 1.29 is 9.90 Å². The first-order valence-corrected chi connectivity index (χ1v) is 7.71. The Labute approximate surface area is 137 Å². The second kappa shape index (κ2) is 5.49. The molecule has 0 spiro atoms. The molecule has 6 heteroatoms. The van der Waals surface area contributed by atoms with Crippen LogP contribution >= 0.6 is 0 Å². The zero-order chi connectivity index (χ0) is 16.7. The minimum absolute atomic E-state index is 0.135. The van der Waals surface area contributed by atoms with Crippen molar-refractivity contribution in [3.8, 4) is 0 Å². The number of fused-ring (bicyclic) bond motifs is 2. The molecule has 3 N–H and O–H groups in total. The van der Waals surface area contributed by atoms with Crippen molar-refractivity contribution in [2.45, 2.75) is 18.9 Å². The SMILES string of the molecule is O=C(O)c1c[nH]c2ccc(NC3Cc4ccccc4C3)nc2c1=O. The molecule has 0 aliphatic heterocycles. The molecule has 24 heavy (non-hydrogen) atoms. The summed E-state index contributed by atoms with van der Waals surface area (Å²) in [7, 11) is 0. The maximum atomic E-state index is 12.2. The van der Waals surface area contributed by atoms with Crippen molar-refractivity contribution in [3.05, 3.63) is 69.5 Å². The molecular formula is C18H15N3O3. The van der Waals surface area contributed by atoms with Gasteiger partial charge in [-0.2, -0.15) is 0 Å². The third kappa shape index (κ3) is 2.42. The van der Waals surface area contributed by atoms with E-state index in [1.807, 2.05) is 12.1 Å². The van der Waals surface area contributed by atoms with Gasteiger partial charge in [0.2, 0.25) is 5.43 Å². The fraction of sp³-hybridized carbons (Fsp3) is 0.167. The van der Waals surface area contributed by atoms with Crippen molar-refractivity contribution in [1.29, 1.82) is 0 Å². The number of aromatic carboxylic acids is 1. The van der Waals surface area contributed by atoms with Crippen molar-refractivity contribution in [2.75, 3.05) is 5.32 Å². The number of carboxylic acid groups (broad SMARTS) is 1. The molecule has 3 aromatic rings. The lowest BCUT2D eigenvalue weighted by Gasteiger charge is -2.13. The Bertz CT molecular complexity index is 985. The number of rotatable bonds is 3. The number of hydrogen-bond acceptors (Lipinski definition) is 4.